The topological polar surface area (TPSA) is 66.8 Å². The second-order valence-electron chi connectivity index (χ2n) is 5.23. The van der Waals surface area contributed by atoms with E-state index in [1.807, 2.05) is 31.2 Å². The highest BCUT2D eigenvalue weighted by atomic mass is 16.6. The highest BCUT2D eigenvalue weighted by molar-refractivity contribution is 5.74. The molecule has 0 aliphatic carbocycles. The molecule has 0 spiro atoms. The molecule has 1 N–H and O–H groups in total. The van der Waals surface area contributed by atoms with Crippen LogP contribution in [0.2, 0.25) is 0 Å². The molecule has 5 nitrogen and oxygen atoms in total. The van der Waals surface area contributed by atoms with Crippen LogP contribution < -0.4 is 0 Å². The van der Waals surface area contributed by atoms with Gasteiger partial charge in [-0.05, 0) is 19.4 Å². The number of amides is 1. The Hall–Kier alpha value is -2.04. The fraction of sp³-hybridized carbons (Fsp3) is 0.429. The normalized spacial score (nSPS) is 22.4. The van der Waals surface area contributed by atoms with E-state index in [4.69, 9.17) is 9.84 Å². The van der Waals surface area contributed by atoms with E-state index >= 15 is 0 Å². The minimum atomic E-state index is -0.965. The molecule has 1 heterocycles. The number of carboxylic acid groups (broad SMARTS) is 1. The number of aliphatic carboxylic acids is 1. The summed E-state index contributed by atoms with van der Waals surface area (Å²) >= 11 is 0. The van der Waals surface area contributed by atoms with Crippen LogP contribution in [0.5, 0.6) is 0 Å². The number of carbonyl (C=O) groups excluding carboxylic acids is 1. The second-order valence-corrected chi connectivity index (χ2v) is 5.23. The summed E-state index contributed by atoms with van der Waals surface area (Å²) in [5.74, 6) is -0.965. The van der Waals surface area contributed by atoms with Crippen LogP contribution in [-0.4, -0.2) is 34.2 Å². The molecule has 0 saturated carbocycles. The molecule has 1 atom stereocenters. The average Bonchev–Trinajstić information content (AvgIpc) is 2.55. The van der Waals surface area contributed by atoms with Gasteiger partial charge in [0.25, 0.3) is 0 Å². The van der Waals surface area contributed by atoms with E-state index in [2.05, 4.69) is 0 Å². The lowest BCUT2D eigenvalue weighted by molar-refractivity contribution is -0.140. The van der Waals surface area contributed by atoms with E-state index in [0.717, 1.165) is 11.1 Å². The van der Waals surface area contributed by atoms with Gasteiger partial charge in [-0.15, -0.1) is 0 Å². The Morgan fingerprint density at radius 1 is 1.42 bits per heavy atom. The largest absolute Gasteiger partial charge is 0.481 e. The SMILES string of the molecule is Cc1ccc(CN2CC(C)(CC(=O)O)OC2=O)cc1. The number of hydrogen-bond donors (Lipinski definition) is 1. The van der Waals surface area contributed by atoms with Gasteiger partial charge in [0.1, 0.15) is 5.60 Å². The molecule has 1 aromatic rings. The monoisotopic (exact) mass is 263 g/mol. The van der Waals surface area contributed by atoms with Gasteiger partial charge >= 0.3 is 12.1 Å². The quantitative estimate of drug-likeness (QED) is 0.904. The van der Waals surface area contributed by atoms with E-state index < -0.39 is 17.7 Å². The molecule has 2 rings (SSSR count). The van der Waals surface area contributed by atoms with Crippen molar-refractivity contribution in [2.24, 2.45) is 0 Å². The van der Waals surface area contributed by atoms with Gasteiger partial charge in [0.05, 0.1) is 13.0 Å². The molecule has 1 fully saturated rings. The Labute approximate surface area is 111 Å². The van der Waals surface area contributed by atoms with E-state index in [-0.39, 0.29) is 6.42 Å². The zero-order valence-electron chi connectivity index (χ0n) is 11.0. The first-order valence-electron chi connectivity index (χ1n) is 6.13. The van der Waals surface area contributed by atoms with Gasteiger partial charge in [-0.2, -0.15) is 0 Å². The van der Waals surface area contributed by atoms with Crippen molar-refractivity contribution >= 4 is 12.1 Å². The summed E-state index contributed by atoms with van der Waals surface area (Å²) in [6.45, 7) is 4.38. The van der Waals surface area contributed by atoms with Crippen LogP contribution in [0.3, 0.4) is 0 Å². The summed E-state index contributed by atoms with van der Waals surface area (Å²) in [5, 5.41) is 8.82. The first-order chi connectivity index (χ1) is 8.88. The molecule has 1 aliphatic rings. The van der Waals surface area contributed by atoms with Gasteiger partial charge in [0.15, 0.2) is 0 Å². The molecule has 1 amide bonds. The third kappa shape index (κ3) is 3.24. The lowest BCUT2D eigenvalue weighted by atomic mass is 10.0. The number of carbonyl (C=O) groups is 2. The average molecular weight is 263 g/mol. The molecule has 0 bridgehead atoms. The Morgan fingerprint density at radius 2 is 2.05 bits per heavy atom. The van der Waals surface area contributed by atoms with Crippen LogP contribution in [0, 0.1) is 6.92 Å². The first kappa shape index (κ1) is 13.4. The summed E-state index contributed by atoms with van der Waals surface area (Å²) < 4.78 is 5.17. The van der Waals surface area contributed by atoms with Crippen molar-refractivity contribution in [2.75, 3.05) is 6.54 Å². The number of aryl methyl sites for hydroxylation is 1. The van der Waals surface area contributed by atoms with Gasteiger partial charge in [-0.3, -0.25) is 9.69 Å². The van der Waals surface area contributed by atoms with Crippen molar-refractivity contribution in [3.8, 4) is 0 Å². The maximum Gasteiger partial charge on any atom is 0.410 e. The lowest BCUT2D eigenvalue weighted by Gasteiger charge is -2.19. The number of hydrogen-bond acceptors (Lipinski definition) is 3. The van der Waals surface area contributed by atoms with Crippen LogP contribution in [0.4, 0.5) is 4.79 Å². The highest BCUT2D eigenvalue weighted by Gasteiger charge is 2.42. The summed E-state index contributed by atoms with van der Waals surface area (Å²) in [5.41, 5.74) is 1.22. The van der Waals surface area contributed by atoms with E-state index in [0.29, 0.717) is 13.1 Å². The molecular formula is C14H17NO4. The van der Waals surface area contributed by atoms with Crippen LogP contribution in [0.25, 0.3) is 0 Å². The smallest absolute Gasteiger partial charge is 0.410 e. The zero-order valence-corrected chi connectivity index (χ0v) is 11.0. The van der Waals surface area contributed by atoms with Crippen LogP contribution in [-0.2, 0) is 16.1 Å². The standard InChI is InChI=1S/C14H17NO4/c1-10-3-5-11(6-4-10)8-15-9-14(2,7-12(16)17)19-13(15)18/h3-6H,7-9H2,1-2H3,(H,16,17). The zero-order chi connectivity index (χ0) is 14.0. The van der Waals surface area contributed by atoms with Crippen molar-refractivity contribution < 1.29 is 19.4 Å². The molecule has 102 valence electrons. The molecule has 19 heavy (non-hydrogen) atoms. The Balaban J connectivity index is 2.04. The van der Waals surface area contributed by atoms with E-state index in [9.17, 15) is 9.59 Å². The van der Waals surface area contributed by atoms with Gasteiger partial charge in [0, 0.05) is 6.54 Å². The fourth-order valence-electron chi connectivity index (χ4n) is 2.22. The number of nitrogens with zero attached hydrogens (tertiary/aromatic N) is 1. The summed E-state index contributed by atoms with van der Waals surface area (Å²) in [6.07, 6.45) is -0.632. The van der Waals surface area contributed by atoms with Crippen molar-refractivity contribution in [3.05, 3.63) is 35.4 Å². The number of ether oxygens (including phenoxy) is 1. The molecule has 1 unspecified atom stereocenters. The highest BCUT2D eigenvalue weighted by Crippen LogP contribution is 2.27. The summed E-state index contributed by atoms with van der Waals surface area (Å²) in [7, 11) is 0. The van der Waals surface area contributed by atoms with Gasteiger partial charge in [0.2, 0.25) is 0 Å². The third-order valence-corrected chi connectivity index (χ3v) is 3.14. The first-order valence-corrected chi connectivity index (χ1v) is 6.13. The minimum Gasteiger partial charge on any atom is -0.481 e. The van der Waals surface area contributed by atoms with Crippen LogP contribution in [0.15, 0.2) is 24.3 Å². The van der Waals surface area contributed by atoms with Gasteiger partial charge in [-0.25, -0.2) is 4.79 Å². The third-order valence-electron chi connectivity index (χ3n) is 3.14. The van der Waals surface area contributed by atoms with Crippen LogP contribution in [0.1, 0.15) is 24.5 Å². The Morgan fingerprint density at radius 3 is 2.63 bits per heavy atom. The molecule has 1 aliphatic heterocycles. The maximum atomic E-state index is 11.8. The van der Waals surface area contributed by atoms with Crippen LogP contribution >= 0.6 is 0 Å². The fourth-order valence-corrected chi connectivity index (χ4v) is 2.22. The Kier molecular flexibility index (Phi) is 3.46. The predicted octanol–water partition coefficient (Wildman–Crippen LogP) is 2.18. The number of rotatable bonds is 4. The minimum absolute atomic E-state index is 0.177. The lowest BCUT2D eigenvalue weighted by Crippen LogP contribution is -2.33. The van der Waals surface area contributed by atoms with Gasteiger partial charge < -0.3 is 9.84 Å². The molecule has 0 aromatic heterocycles. The van der Waals surface area contributed by atoms with Crippen molar-refractivity contribution in [1.82, 2.24) is 4.90 Å². The van der Waals surface area contributed by atoms with E-state index in [1.165, 1.54) is 4.90 Å². The molecule has 5 heteroatoms. The van der Waals surface area contributed by atoms with Crippen molar-refractivity contribution in [3.63, 3.8) is 0 Å². The molecule has 1 saturated heterocycles. The number of carboxylic acids is 1. The summed E-state index contributed by atoms with van der Waals surface area (Å²) in [6, 6.07) is 7.87. The Bertz CT molecular complexity index is 497. The number of cyclic esters (lactones) is 1. The summed E-state index contributed by atoms with van der Waals surface area (Å²) in [4.78, 5) is 24.0. The maximum absolute atomic E-state index is 11.8. The number of benzene rings is 1. The van der Waals surface area contributed by atoms with Crippen molar-refractivity contribution in [1.29, 1.82) is 0 Å². The molecule has 1 aromatic carbocycles. The predicted molar refractivity (Wildman–Crippen MR) is 68.7 cm³/mol. The molecule has 0 radical (unpaired) electrons. The van der Waals surface area contributed by atoms with E-state index in [1.54, 1.807) is 6.92 Å². The van der Waals surface area contributed by atoms with Gasteiger partial charge in [-0.1, -0.05) is 29.8 Å². The molecular weight excluding hydrogens is 246 g/mol. The van der Waals surface area contributed by atoms with Crippen molar-refractivity contribution in [2.45, 2.75) is 32.4 Å². The second kappa shape index (κ2) is 4.91.